The quantitative estimate of drug-likeness (QED) is 0.249. The maximum Gasteiger partial charge on any atom is 0.283 e. The number of hydrogen-bond donors (Lipinski definition) is 1. The molecule has 4 rings (SSSR count). The number of ether oxygens (including phenoxy) is 1. The third kappa shape index (κ3) is 5.40. The Labute approximate surface area is 206 Å². The first kappa shape index (κ1) is 24.2. The van der Waals surface area contributed by atoms with E-state index in [1.54, 1.807) is 0 Å². The fraction of sp³-hybridized carbons (Fsp3) is 0.238. The van der Waals surface area contributed by atoms with Gasteiger partial charge >= 0.3 is 0 Å². The summed E-state index contributed by atoms with van der Waals surface area (Å²) in [6.45, 7) is -0.403. The summed E-state index contributed by atoms with van der Waals surface area (Å²) in [6, 6.07) is 8.12. The van der Waals surface area contributed by atoms with E-state index >= 15 is 0 Å². The molecule has 1 aliphatic carbocycles. The highest BCUT2D eigenvalue weighted by Gasteiger charge is 2.34. The van der Waals surface area contributed by atoms with Gasteiger partial charge in [0.05, 0.1) is 32.4 Å². The number of hydrogen-bond acceptors (Lipinski definition) is 5. The minimum atomic E-state index is -2.88. The van der Waals surface area contributed by atoms with Crippen molar-refractivity contribution >= 4 is 52.1 Å². The fourth-order valence-corrected chi connectivity index (χ4v) is 4.14. The number of anilines is 1. The Morgan fingerprint density at radius 1 is 1.24 bits per heavy atom. The molecule has 1 amide bonds. The van der Waals surface area contributed by atoms with Gasteiger partial charge in [-0.1, -0.05) is 34.8 Å². The van der Waals surface area contributed by atoms with Crippen LogP contribution in [0.3, 0.4) is 0 Å². The number of amides is 1. The number of non-ortho nitro benzene ring substituents is 1. The molecule has 3 aromatic rings. The number of benzene rings is 2. The summed E-state index contributed by atoms with van der Waals surface area (Å²) in [5.41, 5.74) is -0.493. The van der Waals surface area contributed by atoms with Gasteiger partial charge in [-0.2, -0.15) is 5.10 Å². The lowest BCUT2D eigenvalue weighted by atomic mass is 10.2. The predicted molar refractivity (Wildman–Crippen MR) is 122 cm³/mol. The zero-order chi connectivity index (χ0) is 24.6. The minimum Gasteiger partial charge on any atom is -0.455 e. The third-order valence-electron chi connectivity index (χ3n) is 4.93. The normalized spacial score (nSPS) is 13.2. The fourth-order valence-electron chi connectivity index (χ4n) is 3.32. The van der Waals surface area contributed by atoms with Gasteiger partial charge in [0.15, 0.2) is 0 Å². The molecule has 1 heterocycles. The molecule has 1 aliphatic rings. The first-order valence-corrected chi connectivity index (χ1v) is 11.0. The van der Waals surface area contributed by atoms with Crippen molar-refractivity contribution < 1.29 is 23.2 Å². The lowest BCUT2D eigenvalue weighted by Gasteiger charge is -2.11. The van der Waals surface area contributed by atoms with Crippen LogP contribution in [0.5, 0.6) is 11.5 Å². The highest BCUT2D eigenvalue weighted by atomic mass is 35.5. The molecule has 1 N–H and O–H groups in total. The maximum atomic E-state index is 13.2. The first-order valence-electron chi connectivity index (χ1n) is 9.89. The topological polar surface area (TPSA) is 99.3 Å². The number of halogens is 5. The Balaban J connectivity index is 1.57. The van der Waals surface area contributed by atoms with Gasteiger partial charge in [-0.25, -0.2) is 8.78 Å². The standard InChI is InChI=1S/C21H15Cl3F2N4O4/c22-11-3-4-16(15(23)5-11)34-14-7-12(6-13(8-14)30(32)33)27-17(31)9-29-20(10-1-2-10)18(24)19(28-29)21(25)26/h3-8,10,21H,1-2,9H2,(H,27,31). The zero-order valence-corrected chi connectivity index (χ0v) is 19.4. The molecule has 0 saturated heterocycles. The Morgan fingerprint density at radius 3 is 2.59 bits per heavy atom. The minimum absolute atomic E-state index is 0.0366. The Kier molecular flexibility index (Phi) is 6.92. The van der Waals surface area contributed by atoms with Crippen molar-refractivity contribution in [3.63, 3.8) is 0 Å². The molecule has 178 valence electrons. The predicted octanol–water partition coefficient (Wildman–Crippen LogP) is 7.00. The number of nitro groups is 1. The van der Waals surface area contributed by atoms with Gasteiger partial charge in [-0.15, -0.1) is 0 Å². The van der Waals surface area contributed by atoms with Gasteiger partial charge in [0.25, 0.3) is 12.1 Å². The molecular formula is C21H15Cl3F2N4O4. The van der Waals surface area contributed by atoms with Gasteiger partial charge in [-0.05, 0) is 31.0 Å². The molecule has 2 aromatic carbocycles. The van der Waals surface area contributed by atoms with Crippen molar-refractivity contribution in [2.75, 3.05) is 5.32 Å². The van der Waals surface area contributed by atoms with Gasteiger partial charge in [-0.3, -0.25) is 19.6 Å². The van der Waals surface area contributed by atoms with Crippen molar-refractivity contribution in [3.05, 3.63) is 73.0 Å². The number of carbonyl (C=O) groups excluding carboxylic acids is 1. The molecule has 0 bridgehead atoms. The summed E-state index contributed by atoms with van der Waals surface area (Å²) in [5.74, 6) is -0.446. The largest absolute Gasteiger partial charge is 0.455 e. The van der Waals surface area contributed by atoms with E-state index in [1.165, 1.54) is 24.3 Å². The van der Waals surface area contributed by atoms with E-state index in [0.717, 1.165) is 29.7 Å². The monoisotopic (exact) mass is 530 g/mol. The number of aromatic nitrogens is 2. The van der Waals surface area contributed by atoms with Crippen LogP contribution in [0.15, 0.2) is 36.4 Å². The highest BCUT2D eigenvalue weighted by Crippen LogP contribution is 2.45. The lowest BCUT2D eigenvalue weighted by molar-refractivity contribution is -0.384. The summed E-state index contributed by atoms with van der Waals surface area (Å²) in [7, 11) is 0. The molecule has 13 heteroatoms. The van der Waals surface area contributed by atoms with E-state index < -0.39 is 29.5 Å². The average molecular weight is 532 g/mol. The van der Waals surface area contributed by atoms with E-state index in [2.05, 4.69) is 10.4 Å². The number of rotatable bonds is 8. The molecule has 0 atom stereocenters. The Bertz CT molecular complexity index is 1280. The van der Waals surface area contributed by atoms with Crippen LogP contribution in [0, 0.1) is 10.1 Å². The van der Waals surface area contributed by atoms with Crippen LogP contribution < -0.4 is 10.1 Å². The summed E-state index contributed by atoms with van der Waals surface area (Å²) in [6.07, 6.45) is -1.37. The van der Waals surface area contributed by atoms with Crippen molar-refractivity contribution in [1.29, 1.82) is 0 Å². The SMILES string of the molecule is O=C(Cn1nc(C(F)F)c(Cl)c1C1CC1)Nc1cc(Oc2ccc(Cl)cc2Cl)cc([N+](=O)[O-])c1. The molecule has 1 aromatic heterocycles. The number of nitrogens with one attached hydrogen (secondary N) is 1. The van der Waals surface area contributed by atoms with Gasteiger partial charge < -0.3 is 10.1 Å². The van der Waals surface area contributed by atoms with Crippen LogP contribution in [0.25, 0.3) is 0 Å². The molecule has 8 nitrogen and oxygen atoms in total. The number of nitro benzene ring substituents is 1. The smallest absolute Gasteiger partial charge is 0.283 e. The molecular weight excluding hydrogens is 517 g/mol. The second-order valence-corrected chi connectivity index (χ2v) is 8.74. The zero-order valence-electron chi connectivity index (χ0n) is 17.1. The number of nitrogens with zero attached hydrogens (tertiary/aromatic N) is 3. The van der Waals surface area contributed by atoms with Crippen LogP contribution in [0.2, 0.25) is 15.1 Å². The second-order valence-electron chi connectivity index (χ2n) is 7.51. The third-order valence-corrected chi connectivity index (χ3v) is 5.85. The van der Waals surface area contributed by atoms with Crippen LogP contribution in [-0.2, 0) is 11.3 Å². The van der Waals surface area contributed by atoms with Gasteiger partial charge in [0.1, 0.15) is 23.7 Å². The Morgan fingerprint density at radius 2 is 1.97 bits per heavy atom. The van der Waals surface area contributed by atoms with Crippen LogP contribution in [-0.4, -0.2) is 20.6 Å². The van der Waals surface area contributed by atoms with Crippen molar-refractivity contribution in [3.8, 4) is 11.5 Å². The maximum absolute atomic E-state index is 13.2. The number of alkyl halides is 2. The molecule has 34 heavy (non-hydrogen) atoms. The molecule has 1 fully saturated rings. The summed E-state index contributed by atoms with van der Waals surface area (Å²) < 4.78 is 33.2. The molecule has 0 unspecified atom stereocenters. The van der Waals surface area contributed by atoms with Crippen molar-refractivity contribution in [1.82, 2.24) is 9.78 Å². The van der Waals surface area contributed by atoms with Crippen molar-refractivity contribution in [2.24, 2.45) is 0 Å². The summed E-state index contributed by atoms with van der Waals surface area (Å²) >= 11 is 18.0. The van der Waals surface area contributed by atoms with E-state index in [1.807, 2.05) is 0 Å². The number of carbonyl (C=O) groups is 1. The van der Waals surface area contributed by atoms with E-state index in [-0.39, 0.29) is 38.8 Å². The van der Waals surface area contributed by atoms with Crippen LogP contribution in [0.1, 0.15) is 36.6 Å². The molecule has 1 saturated carbocycles. The van der Waals surface area contributed by atoms with Gasteiger partial charge in [0.2, 0.25) is 5.91 Å². The summed E-state index contributed by atoms with van der Waals surface area (Å²) in [4.78, 5) is 23.4. The van der Waals surface area contributed by atoms with E-state index in [0.29, 0.717) is 10.7 Å². The van der Waals surface area contributed by atoms with E-state index in [9.17, 15) is 23.7 Å². The lowest BCUT2D eigenvalue weighted by Crippen LogP contribution is -2.21. The van der Waals surface area contributed by atoms with Crippen LogP contribution >= 0.6 is 34.8 Å². The molecule has 0 aliphatic heterocycles. The summed E-state index contributed by atoms with van der Waals surface area (Å²) in [5, 5.41) is 18.1. The average Bonchev–Trinajstić information content (AvgIpc) is 3.53. The second kappa shape index (κ2) is 9.73. The highest BCUT2D eigenvalue weighted by molar-refractivity contribution is 6.35. The molecule has 0 spiro atoms. The van der Waals surface area contributed by atoms with Crippen molar-refractivity contribution in [2.45, 2.75) is 31.7 Å². The van der Waals surface area contributed by atoms with Gasteiger partial charge in [0, 0.05) is 23.1 Å². The Hall–Kier alpha value is -2.95. The van der Waals surface area contributed by atoms with E-state index in [4.69, 9.17) is 39.5 Å². The molecule has 0 radical (unpaired) electrons. The van der Waals surface area contributed by atoms with Crippen LogP contribution in [0.4, 0.5) is 20.2 Å². The first-order chi connectivity index (χ1) is 16.1.